The fourth-order valence-corrected chi connectivity index (χ4v) is 4.78. The lowest BCUT2D eigenvalue weighted by molar-refractivity contribution is -0.120. The van der Waals surface area contributed by atoms with Crippen LogP contribution in [-0.2, 0) is 11.4 Å². The second-order valence-electron chi connectivity index (χ2n) is 10.1. The molecule has 1 amide bonds. The number of nitrogens with two attached hydrogens (primary N) is 1. The molecule has 0 atom stereocenters. The Morgan fingerprint density at radius 2 is 1.79 bits per heavy atom. The molecule has 43 heavy (non-hydrogen) atoms. The van der Waals surface area contributed by atoms with Crippen molar-refractivity contribution in [2.75, 3.05) is 5.73 Å². The number of aryl methyl sites for hydroxylation is 1. The number of nitrogen functional groups attached to an aromatic ring is 1. The molecule has 0 saturated heterocycles. The van der Waals surface area contributed by atoms with Crippen molar-refractivity contribution in [2.24, 2.45) is 0 Å². The Morgan fingerprint density at radius 1 is 1.07 bits per heavy atom. The van der Waals surface area contributed by atoms with E-state index in [9.17, 15) is 13.6 Å². The predicted molar refractivity (Wildman–Crippen MR) is 153 cm³/mol. The van der Waals surface area contributed by atoms with Crippen molar-refractivity contribution in [3.05, 3.63) is 90.8 Å². The van der Waals surface area contributed by atoms with Gasteiger partial charge in [0.05, 0.1) is 11.4 Å². The largest absolute Gasteiger partial charge is 0.489 e. The standard InChI is InChI=1S/C30H26F2N8O3/c1-16(31)30(41)38-21-9-22(10-21)40-29-26(28(33)36-15-37-29)27(39-40)19-3-5-23(6-4-19)43-25-8-20(32)7-24(11-25)42-14-18-12-34-17(2)35-13-18/h3-8,11-13,15,21-22H,1,9-10,14H2,2H3,(H,38,41)(H2,33,36,37)/t21-,22+. The van der Waals surface area contributed by atoms with Crippen LogP contribution in [0, 0.1) is 12.7 Å². The molecular formula is C30H26F2N8O3. The Bertz CT molecular complexity index is 1820. The number of nitrogens with zero attached hydrogens (tertiary/aromatic N) is 6. The first kappa shape index (κ1) is 27.7. The van der Waals surface area contributed by atoms with Gasteiger partial charge in [-0.25, -0.2) is 33.4 Å². The molecule has 1 aliphatic carbocycles. The molecule has 218 valence electrons. The molecular weight excluding hydrogens is 558 g/mol. The van der Waals surface area contributed by atoms with Crippen LogP contribution in [-0.4, -0.2) is 41.7 Å². The number of hydrogen-bond donors (Lipinski definition) is 2. The summed E-state index contributed by atoms with van der Waals surface area (Å²) in [5, 5.41) is 7.98. The highest BCUT2D eigenvalue weighted by Crippen LogP contribution is 2.38. The van der Waals surface area contributed by atoms with E-state index < -0.39 is 17.6 Å². The van der Waals surface area contributed by atoms with E-state index in [2.05, 4.69) is 31.8 Å². The lowest BCUT2D eigenvalue weighted by Gasteiger charge is -2.35. The van der Waals surface area contributed by atoms with Crippen molar-refractivity contribution < 1.29 is 23.0 Å². The van der Waals surface area contributed by atoms with Crippen molar-refractivity contribution in [2.45, 2.75) is 38.5 Å². The smallest absolute Gasteiger partial charge is 0.279 e. The van der Waals surface area contributed by atoms with Gasteiger partial charge in [-0.2, -0.15) is 5.10 Å². The number of rotatable bonds is 9. The summed E-state index contributed by atoms with van der Waals surface area (Å²) in [7, 11) is 0. The Hall–Kier alpha value is -5.46. The number of anilines is 1. The number of halogens is 2. The fraction of sp³-hybridized carbons (Fsp3) is 0.200. The third kappa shape index (κ3) is 5.96. The summed E-state index contributed by atoms with van der Waals surface area (Å²) in [6.45, 7) is 4.99. The van der Waals surface area contributed by atoms with Crippen molar-refractivity contribution in [3.63, 3.8) is 0 Å². The van der Waals surface area contributed by atoms with Crippen LogP contribution in [0.2, 0.25) is 0 Å². The van der Waals surface area contributed by atoms with Gasteiger partial charge >= 0.3 is 0 Å². The summed E-state index contributed by atoms with van der Waals surface area (Å²) in [6, 6.07) is 10.9. The molecule has 1 fully saturated rings. The zero-order chi connectivity index (χ0) is 30.1. The van der Waals surface area contributed by atoms with Crippen molar-refractivity contribution in [1.29, 1.82) is 0 Å². The molecule has 3 aromatic heterocycles. The first-order chi connectivity index (χ1) is 20.7. The first-order valence-electron chi connectivity index (χ1n) is 13.4. The molecule has 5 aromatic rings. The summed E-state index contributed by atoms with van der Waals surface area (Å²) in [6.07, 6.45) is 5.77. The van der Waals surface area contributed by atoms with Gasteiger partial charge < -0.3 is 20.5 Å². The second-order valence-corrected chi connectivity index (χ2v) is 10.1. The van der Waals surface area contributed by atoms with E-state index in [1.165, 1.54) is 18.5 Å². The second kappa shape index (κ2) is 11.4. The van der Waals surface area contributed by atoms with Gasteiger partial charge in [-0.15, -0.1) is 0 Å². The van der Waals surface area contributed by atoms with Gasteiger partial charge in [-0.3, -0.25) is 4.79 Å². The molecule has 3 N–H and O–H groups in total. The predicted octanol–water partition coefficient (Wildman–Crippen LogP) is 4.99. The van der Waals surface area contributed by atoms with E-state index in [-0.39, 0.29) is 30.3 Å². The van der Waals surface area contributed by atoms with E-state index in [1.807, 2.05) is 0 Å². The molecule has 1 aliphatic rings. The van der Waals surface area contributed by atoms with Crippen LogP contribution >= 0.6 is 0 Å². The van der Waals surface area contributed by atoms with Gasteiger partial charge in [-0.1, -0.05) is 6.58 Å². The van der Waals surface area contributed by atoms with E-state index in [4.69, 9.17) is 20.3 Å². The van der Waals surface area contributed by atoms with Crippen LogP contribution < -0.4 is 20.5 Å². The number of amides is 1. The number of ether oxygens (including phenoxy) is 2. The summed E-state index contributed by atoms with van der Waals surface area (Å²) in [5.74, 6) is -0.405. The van der Waals surface area contributed by atoms with Crippen LogP contribution in [0.25, 0.3) is 22.3 Å². The maximum atomic E-state index is 14.3. The number of fused-ring (bicyclic) bond motifs is 1. The quantitative estimate of drug-likeness (QED) is 0.229. The van der Waals surface area contributed by atoms with E-state index in [1.54, 1.807) is 54.3 Å². The van der Waals surface area contributed by atoms with Gasteiger partial charge in [0.15, 0.2) is 11.5 Å². The molecule has 0 radical (unpaired) electrons. The van der Waals surface area contributed by atoms with Crippen LogP contribution in [0.15, 0.2) is 73.6 Å². The Balaban J connectivity index is 1.18. The minimum Gasteiger partial charge on any atom is -0.489 e. The number of aromatic nitrogens is 6. The molecule has 11 nitrogen and oxygen atoms in total. The molecule has 6 rings (SSSR count). The van der Waals surface area contributed by atoms with E-state index in [0.717, 1.165) is 11.1 Å². The highest BCUT2D eigenvalue weighted by molar-refractivity contribution is 5.98. The average Bonchev–Trinajstić information content (AvgIpc) is 3.35. The number of nitrogens with one attached hydrogen (secondary N) is 1. The van der Waals surface area contributed by atoms with Gasteiger partial charge in [-0.05, 0) is 44.0 Å². The Kier molecular flexibility index (Phi) is 7.36. The highest BCUT2D eigenvalue weighted by Gasteiger charge is 2.35. The minimum absolute atomic E-state index is 0.0748. The maximum Gasteiger partial charge on any atom is 0.279 e. The van der Waals surface area contributed by atoms with Gasteiger partial charge in [0.1, 0.15) is 53.3 Å². The van der Waals surface area contributed by atoms with Crippen molar-refractivity contribution in [1.82, 2.24) is 35.0 Å². The summed E-state index contributed by atoms with van der Waals surface area (Å²) in [4.78, 5) is 28.4. The Morgan fingerprint density at radius 3 is 2.51 bits per heavy atom. The third-order valence-electron chi connectivity index (χ3n) is 7.01. The van der Waals surface area contributed by atoms with Gasteiger partial charge in [0.25, 0.3) is 5.91 Å². The normalized spacial score (nSPS) is 16.0. The zero-order valence-electron chi connectivity index (χ0n) is 23.0. The monoisotopic (exact) mass is 584 g/mol. The molecule has 1 saturated carbocycles. The van der Waals surface area contributed by atoms with Crippen molar-refractivity contribution >= 4 is 22.8 Å². The van der Waals surface area contributed by atoms with Crippen LogP contribution in [0.5, 0.6) is 17.2 Å². The minimum atomic E-state index is -1.02. The molecule has 3 heterocycles. The molecule has 13 heteroatoms. The number of hydrogen-bond acceptors (Lipinski definition) is 9. The van der Waals surface area contributed by atoms with Gasteiger partial charge in [0, 0.05) is 47.8 Å². The van der Waals surface area contributed by atoms with Crippen molar-refractivity contribution in [3.8, 4) is 28.5 Å². The average molecular weight is 585 g/mol. The summed E-state index contributed by atoms with van der Waals surface area (Å²) >= 11 is 0. The topological polar surface area (TPSA) is 143 Å². The third-order valence-corrected chi connectivity index (χ3v) is 7.01. The highest BCUT2D eigenvalue weighted by atomic mass is 19.1. The molecule has 0 unspecified atom stereocenters. The van der Waals surface area contributed by atoms with Gasteiger partial charge in [0.2, 0.25) is 0 Å². The zero-order valence-corrected chi connectivity index (χ0v) is 23.0. The fourth-order valence-electron chi connectivity index (χ4n) is 4.78. The van der Waals surface area contributed by atoms with Crippen LogP contribution in [0.3, 0.4) is 0 Å². The first-order valence-corrected chi connectivity index (χ1v) is 13.4. The molecule has 0 spiro atoms. The number of benzene rings is 2. The summed E-state index contributed by atoms with van der Waals surface area (Å²) in [5.41, 5.74) is 8.84. The lowest BCUT2D eigenvalue weighted by Crippen LogP contribution is -2.45. The SMILES string of the molecule is C=C(F)C(=O)N[C@H]1C[C@@H](n2nc(-c3ccc(Oc4cc(F)cc(OCc5cnc(C)nc5)c4)cc3)c3c(N)ncnc32)C1. The molecule has 2 aromatic carbocycles. The van der Waals surface area contributed by atoms with Crippen LogP contribution in [0.4, 0.5) is 14.6 Å². The number of carbonyl (C=O) groups excluding carboxylic acids is 1. The Labute approximate surface area is 244 Å². The number of carbonyl (C=O) groups is 1. The summed E-state index contributed by atoms with van der Waals surface area (Å²) < 4.78 is 40.8. The van der Waals surface area contributed by atoms with E-state index in [0.29, 0.717) is 46.9 Å². The molecule has 0 bridgehead atoms. The van der Waals surface area contributed by atoms with Crippen LogP contribution in [0.1, 0.15) is 30.3 Å². The maximum absolute atomic E-state index is 14.3. The molecule has 0 aliphatic heterocycles. The van der Waals surface area contributed by atoms with E-state index >= 15 is 0 Å². The lowest BCUT2D eigenvalue weighted by atomic mass is 9.87.